The van der Waals surface area contributed by atoms with Crippen molar-refractivity contribution in [1.82, 2.24) is 15.2 Å². The molecule has 0 bridgehead atoms. The minimum Gasteiger partial charge on any atom is -0.497 e. The van der Waals surface area contributed by atoms with Crippen LogP contribution in [0.15, 0.2) is 42.6 Å². The van der Waals surface area contributed by atoms with Gasteiger partial charge in [-0.05, 0) is 50.1 Å². The third-order valence-electron chi connectivity index (χ3n) is 5.47. The fourth-order valence-corrected chi connectivity index (χ4v) is 3.93. The van der Waals surface area contributed by atoms with Gasteiger partial charge in [-0.3, -0.25) is 19.5 Å². The molecule has 1 aliphatic rings. The van der Waals surface area contributed by atoms with Gasteiger partial charge in [-0.1, -0.05) is 12.1 Å². The van der Waals surface area contributed by atoms with Crippen LogP contribution in [0.3, 0.4) is 0 Å². The van der Waals surface area contributed by atoms with E-state index in [2.05, 4.69) is 15.6 Å². The van der Waals surface area contributed by atoms with Gasteiger partial charge in [0.1, 0.15) is 11.2 Å². The second kappa shape index (κ2) is 9.05. The lowest BCUT2D eigenvalue weighted by atomic mass is 9.75. The Morgan fingerprint density at radius 3 is 2.79 bits per heavy atom. The molecule has 0 radical (unpaired) electrons. The zero-order valence-electron chi connectivity index (χ0n) is 17.2. The average molecular weight is 396 g/mol. The van der Waals surface area contributed by atoms with Crippen LogP contribution in [0.25, 0.3) is 0 Å². The van der Waals surface area contributed by atoms with E-state index in [0.29, 0.717) is 18.7 Å². The number of methoxy groups -OCH3 is 1. The van der Waals surface area contributed by atoms with Gasteiger partial charge in [-0.25, -0.2) is 0 Å². The molecule has 2 amide bonds. The maximum Gasteiger partial charge on any atom is 0.238 e. The second-order valence-electron chi connectivity index (χ2n) is 7.42. The summed E-state index contributed by atoms with van der Waals surface area (Å²) in [4.78, 5) is 32.0. The molecule has 7 nitrogen and oxygen atoms in total. The number of likely N-dealkylation sites (N-methyl/N-ethyl adjacent to an activating group) is 1. The number of hydrogen-bond donors (Lipinski definition) is 2. The van der Waals surface area contributed by atoms with E-state index in [-0.39, 0.29) is 18.4 Å². The Hall–Kier alpha value is -2.93. The molecule has 0 saturated carbocycles. The second-order valence-corrected chi connectivity index (χ2v) is 7.42. The number of anilines is 1. The minimum absolute atomic E-state index is 0.0649. The van der Waals surface area contributed by atoms with Crippen LogP contribution in [0.2, 0.25) is 0 Å². The molecular weight excluding hydrogens is 368 g/mol. The summed E-state index contributed by atoms with van der Waals surface area (Å²) in [6, 6.07) is 11.2. The number of ether oxygens (including phenoxy) is 1. The van der Waals surface area contributed by atoms with E-state index in [9.17, 15) is 9.59 Å². The monoisotopic (exact) mass is 396 g/mol. The molecule has 1 atom stereocenters. The van der Waals surface area contributed by atoms with Crippen LogP contribution in [0.1, 0.15) is 24.1 Å². The highest BCUT2D eigenvalue weighted by atomic mass is 16.5. The van der Waals surface area contributed by atoms with Crippen molar-refractivity contribution in [2.45, 2.75) is 25.2 Å². The number of carbonyl (C=O) groups is 2. The molecule has 1 aromatic carbocycles. The largest absolute Gasteiger partial charge is 0.497 e. The molecular formula is C22H28N4O3. The molecule has 0 aliphatic carbocycles. The highest BCUT2D eigenvalue weighted by Gasteiger charge is 2.44. The summed E-state index contributed by atoms with van der Waals surface area (Å²) in [5, 5.41) is 5.75. The van der Waals surface area contributed by atoms with E-state index in [1.165, 1.54) is 0 Å². The van der Waals surface area contributed by atoms with Crippen molar-refractivity contribution in [3.63, 3.8) is 0 Å². The Bertz CT molecular complexity index is 872. The smallest absolute Gasteiger partial charge is 0.238 e. The zero-order chi connectivity index (χ0) is 20.9. The highest BCUT2D eigenvalue weighted by molar-refractivity contribution is 5.93. The van der Waals surface area contributed by atoms with Crippen LogP contribution >= 0.6 is 0 Å². The average Bonchev–Trinajstić information content (AvgIpc) is 2.75. The van der Waals surface area contributed by atoms with Crippen LogP contribution in [0, 0.1) is 6.92 Å². The summed E-state index contributed by atoms with van der Waals surface area (Å²) >= 11 is 0. The van der Waals surface area contributed by atoms with E-state index < -0.39 is 5.41 Å². The molecule has 154 valence electrons. The Kier molecular flexibility index (Phi) is 6.49. The van der Waals surface area contributed by atoms with E-state index in [0.717, 1.165) is 29.9 Å². The number of pyridine rings is 1. The van der Waals surface area contributed by atoms with E-state index in [1.807, 2.05) is 48.2 Å². The third-order valence-corrected chi connectivity index (χ3v) is 5.47. The van der Waals surface area contributed by atoms with Crippen LogP contribution in [-0.4, -0.2) is 55.5 Å². The van der Waals surface area contributed by atoms with Crippen LogP contribution < -0.4 is 15.4 Å². The zero-order valence-corrected chi connectivity index (χ0v) is 17.2. The number of benzene rings is 1. The summed E-state index contributed by atoms with van der Waals surface area (Å²) < 4.78 is 5.24. The molecule has 1 saturated heterocycles. The summed E-state index contributed by atoms with van der Waals surface area (Å²) in [7, 11) is 3.24. The first kappa shape index (κ1) is 20.8. The van der Waals surface area contributed by atoms with Crippen molar-refractivity contribution in [1.29, 1.82) is 0 Å². The number of hydrogen-bond acceptors (Lipinski definition) is 5. The van der Waals surface area contributed by atoms with E-state index in [4.69, 9.17) is 4.74 Å². The maximum atomic E-state index is 12.8. The van der Waals surface area contributed by atoms with Crippen molar-refractivity contribution in [3.05, 3.63) is 53.9 Å². The molecule has 1 fully saturated rings. The molecule has 0 unspecified atom stereocenters. The number of aryl methyl sites for hydroxylation is 1. The molecule has 0 spiro atoms. The number of nitrogens with one attached hydrogen (secondary N) is 2. The Morgan fingerprint density at radius 1 is 1.28 bits per heavy atom. The lowest BCUT2D eigenvalue weighted by molar-refractivity contribution is -0.130. The molecule has 2 N–H and O–H groups in total. The summed E-state index contributed by atoms with van der Waals surface area (Å²) in [6.07, 6.45) is 3.23. The number of amides is 2. The first-order valence-electron chi connectivity index (χ1n) is 9.79. The Labute approximate surface area is 171 Å². The summed E-state index contributed by atoms with van der Waals surface area (Å²) in [6.45, 7) is 3.36. The maximum absolute atomic E-state index is 12.8. The fraction of sp³-hybridized carbons (Fsp3) is 0.409. The molecule has 2 aromatic rings. The quantitative estimate of drug-likeness (QED) is 0.781. The van der Waals surface area contributed by atoms with Crippen molar-refractivity contribution in [2.75, 3.05) is 39.1 Å². The van der Waals surface area contributed by atoms with Gasteiger partial charge in [0, 0.05) is 31.5 Å². The lowest BCUT2D eigenvalue weighted by Crippen LogP contribution is -2.55. The number of likely N-dealkylation sites (tertiary alicyclic amines) is 1. The van der Waals surface area contributed by atoms with Gasteiger partial charge < -0.3 is 15.4 Å². The summed E-state index contributed by atoms with van der Waals surface area (Å²) in [5.41, 5.74) is 1.69. The molecule has 29 heavy (non-hydrogen) atoms. The number of nitrogens with zero attached hydrogens (tertiary/aromatic N) is 2. The molecule has 7 heteroatoms. The van der Waals surface area contributed by atoms with Gasteiger partial charge >= 0.3 is 0 Å². The van der Waals surface area contributed by atoms with Crippen molar-refractivity contribution >= 4 is 17.5 Å². The molecule has 3 rings (SSSR count). The summed E-state index contributed by atoms with van der Waals surface area (Å²) in [5.74, 6) is 0.512. The molecule has 1 aromatic heterocycles. The first-order chi connectivity index (χ1) is 14.0. The van der Waals surface area contributed by atoms with Gasteiger partial charge in [0.15, 0.2) is 0 Å². The van der Waals surface area contributed by atoms with E-state index >= 15 is 0 Å². The Balaban J connectivity index is 1.74. The fourth-order valence-electron chi connectivity index (χ4n) is 3.93. The number of carbonyl (C=O) groups excluding carboxylic acids is 2. The SMILES string of the molecule is CNC(=O)[C@]1(c2ccccn2)CCCN(CC(=O)Nc2cc(OC)ccc2C)C1. The normalized spacial score (nSPS) is 19.4. The molecule has 1 aliphatic heterocycles. The first-order valence-corrected chi connectivity index (χ1v) is 9.79. The predicted molar refractivity (Wildman–Crippen MR) is 112 cm³/mol. The van der Waals surface area contributed by atoms with Gasteiger partial charge in [0.05, 0.1) is 19.3 Å². The van der Waals surface area contributed by atoms with Crippen LogP contribution in [0.5, 0.6) is 5.75 Å². The standard InChI is InChI=1S/C22H28N4O3/c1-16-8-9-17(29-3)13-18(16)25-20(27)14-26-12-6-10-22(15-26,21(28)23-2)19-7-4-5-11-24-19/h4-5,7-9,11,13H,6,10,12,14-15H2,1-3H3,(H,23,28)(H,25,27)/t22-/m1/s1. The number of piperidine rings is 1. The van der Waals surface area contributed by atoms with Crippen LogP contribution in [-0.2, 0) is 15.0 Å². The Morgan fingerprint density at radius 2 is 2.10 bits per heavy atom. The number of aromatic nitrogens is 1. The molecule has 2 heterocycles. The van der Waals surface area contributed by atoms with Crippen molar-refractivity contribution in [3.8, 4) is 5.75 Å². The topological polar surface area (TPSA) is 83.6 Å². The number of rotatable bonds is 6. The van der Waals surface area contributed by atoms with Crippen LogP contribution in [0.4, 0.5) is 5.69 Å². The third kappa shape index (κ3) is 4.56. The van der Waals surface area contributed by atoms with Gasteiger partial charge in [0.25, 0.3) is 0 Å². The highest BCUT2D eigenvalue weighted by Crippen LogP contribution is 2.33. The van der Waals surface area contributed by atoms with Gasteiger partial charge in [0.2, 0.25) is 11.8 Å². The lowest BCUT2D eigenvalue weighted by Gasteiger charge is -2.40. The minimum atomic E-state index is -0.750. The van der Waals surface area contributed by atoms with Gasteiger partial charge in [-0.2, -0.15) is 0 Å². The van der Waals surface area contributed by atoms with E-state index in [1.54, 1.807) is 20.4 Å². The van der Waals surface area contributed by atoms with Crippen molar-refractivity contribution < 1.29 is 14.3 Å². The van der Waals surface area contributed by atoms with Crippen molar-refractivity contribution in [2.24, 2.45) is 0 Å². The predicted octanol–water partition coefficient (Wildman–Crippen LogP) is 2.12. The van der Waals surface area contributed by atoms with Gasteiger partial charge in [-0.15, -0.1) is 0 Å².